The van der Waals surface area contributed by atoms with Crippen molar-refractivity contribution in [2.45, 2.75) is 6.42 Å². The van der Waals surface area contributed by atoms with Crippen molar-refractivity contribution in [3.63, 3.8) is 0 Å². The van der Waals surface area contributed by atoms with Crippen LogP contribution in [0, 0.1) is 5.82 Å². The van der Waals surface area contributed by atoms with Gasteiger partial charge in [-0.1, -0.05) is 0 Å². The van der Waals surface area contributed by atoms with Crippen molar-refractivity contribution in [2.24, 2.45) is 0 Å². The Morgan fingerprint density at radius 1 is 1.33 bits per heavy atom. The quantitative estimate of drug-likeness (QED) is 0.772. The number of halogens is 1. The average Bonchev–Trinajstić information content (AvgIpc) is 2.27. The Kier molecular flexibility index (Phi) is 4.65. The Bertz CT molecular complexity index is 440. The van der Waals surface area contributed by atoms with Crippen molar-refractivity contribution in [3.05, 3.63) is 29.6 Å². The summed E-state index contributed by atoms with van der Waals surface area (Å²) in [5, 5.41) is 2.53. The van der Waals surface area contributed by atoms with Crippen molar-refractivity contribution in [3.8, 4) is 0 Å². The molecule has 2 amide bonds. The molecule has 1 aromatic rings. The predicted molar refractivity (Wildman–Crippen MR) is 66.5 cm³/mol. The summed E-state index contributed by atoms with van der Waals surface area (Å²) in [4.78, 5) is 24.3. The molecule has 0 heterocycles. The largest absolute Gasteiger partial charge is 0.399 e. The second kappa shape index (κ2) is 6.00. The van der Waals surface area contributed by atoms with Gasteiger partial charge in [0.25, 0.3) is 5.91 Å². The maximum atomic E-state index is 13.0. The minimum absolute atomic E-state index is 0.0888. The van der Waals surface area contributed by atoms with Gasteiger partial charge >= 0.3 is 0 Å². The van der Waals surface area contributed by atoms with Crippen molar-refractivity contribution >= 4 is 17.5 Å². The Labute approximate surface area is 105 Å². The molecule has 0 aliphatic heterocycles. The minimum atomic E-state index is -0.565. The zero-order valence-electron chi connectivity index (χ0n) is 10.4. The monoisotopic (exact) mass is 253 g/mol. The lowest BCUT2D eigenvalue weighted by Gasteiger charge is -2.10. The topological polar surface area (TPSA) is 75.4 Å². The lowest BCUT2D eigenvalue weighted by atomic mass is 10.2. The highest BCUT2D eigenvalue weighted by atomic mass is 19.1. The summed E-state index contributed by atoms with van der Waals surface area (Å²) in [6.45, 7) is 0.201. The molecule has 6 heteroatoms. The zero-order chi connectivity index (χ0) is 13.7. The van der Waals surface area contributed by atoms with E-state index >= 15 is 0 Å². The van der Waals surface area contributed by atoms with Gasteiger partial charge in [-0.3, -0.25) is 9.59 Å². The number of hydrogen-bond donors (Lipinski definition) is 2. The fourth-order valence-electron chi connectivity index (χ4n) is 1.35. The molecule has 0 aliphatic carbocycles. The second-order valence-electron chi connectivity index (χ2n) is 4.07. The predicted octanol–water partition coefficient (Wildman–Crippen LogP) is 0.616. The van der Waals surface area contributed by atoms with Crippen LogP contribution < -0.4 is 11.1 Å². The van der Waals surface area contributed by atoms with Crippen LogP contribution in [0.25, 0.3) is 0 Å². The Balaban J connectivity index is 2.53. The minimum Gasteiger partial charge on any atom is -0.399 e. The Morgan fingerprint density at radius 3 is 2.56 bits per heavy atom. The van der Waals surface area contributed by atoms with Crippen LogP contribution in [0.15, 0.2) is 18.2 Å². The second-order valence-corrected chi connectivity index (χ2v) is 4.07. The average molecular weight is 253 g/mol. The van der Waals surface area contributed by atoms with Crippen molar-refractivity contribution in [1.82, 2.24) is 10.2 Å². The number of benzene rings is 1. The van der Waals surface area contributed by atoms with Crippen LogP contribution in [0.2, 0.25) is 0 Å². The van der Waals surface area contributed by atoms with Gasteiger partial charge in [-0.25, -0.2) is 4.39 Å². The lowest BCUT2D eigenvalue weighted by molar-refractivity contribution is -0.128. The van der Waals surface area contributed by atoms with Crippen LogP contribution in [0.5, 0.6) is 0 Å². The molecular formula is C12H16FN3O2. The Morgan fingerprint density at radius 2 is 2.00 bits per heavy atom. The van der Waals surface area contributed by atoms with Gasteiger partial charge in [-0.15, -0.1) is 0 Å². The number of hydrogen-bond acceptors (Lipinski definition) is 3. The normalized spacial score (nSPS) is 9.94. The van der Waals surface area contributed by atoms with Crippen LogP contribution in [0.4, 0.5) is 10.1 Å². The number of anilines is 1. The van der Waals surface area contributed by atoms with Crippen LogP contribution >= 0.6 is 0 Å². The van der Waals surface area contributed by atoms with Gasteiger partial charge in [-0.05, 0) is 18.2 Å². The molecule has 0 fully saturated rings. The fourth-order valence-corrected chi connectivity index (χ4v) is 1.35. The first kappa shape index (κ1) is 14.0. The first-order chi connectivity index (χ1) is 8.40. The number of carbonyl (C=O) groups excluding carboxylic acids is 2. The number of nitrogens with one attached hydrogen (secondary N) is 1. The van der Waals surface area contributed by atoms with E-state index < -0.39 is 11.7 Å². The van der Waals surface area contributed by atoms with Crippen LogP contribution in [-0.2, 0) is 4.79 Å². The van der Waals surface area contributed by atoms with Gasteiger partial charge in [0.05, 0.1) is 0 Å². The maximum absolute atomic E-state index is 13.0. The van der Waals surface area contributed by atoms with E-state index in [0.717, 1.165) is 12.1 Å². The number of nitrogens with two attached hydrogens (primary N) is 1. The molecule has 0 atom stereocenters. The molecule has 0 saturated carbocycles. The molecular weight excluding hydrogens is 237 g/mol. The third kappa shape index (κ3) is 4.04. The van der Waals surface area contributed by atoms with E-state index in [-0.39, 0.29) is 30.1 Å². The first-order valence-corrected chi connectivity index (χ1v) is 5.44. The van der Waals surface area contributed by atoms with Crippen LogP contribution in [-0.4, -0.2) is 37.4 Å². The van der Waals surface area contributed by atoms with Gasteiger partial charge in [0.2, 0.25) is 5.91 Å². The summed E-state index contributed by atoms with van der Waals surface area (Å²) in [5.41, 5.74) is 5.76. The highest BCUT2D eigenvalue weighted by Gasteiger charge is 2.09. The smallest absolute Gasteiger partial charge is 0.251 e. The fraction of sp³-hybridized carbons (Fsp3) is 0.333. The summed E-state index contributed by atoms with van der Waals surface area (Å²) in [7, 11) is 3.27. The molecule has 0 aliphatic rings. The standard InChI is InChI=1S/C12H16FN3O2/c1-16(2)11(17)3-4-15-12(18)8-5-9(13)7-10(14)6-8/h5-7H,3-4,14H2,1-2H3,(H,15,18). The van der Waals surface area contributed by atoms with E-state index in [0.29, 0.717) is 0 Å². The van der Waals surface area contributed by atoms with Gasteiger partial charge < -0.3 is 16.0 Å². The molecule has 0 unspecified atom stereocenters. The summed E-state index contributed by atoms with van der Waals surface area (Å²) in [5.74, 6) is -1.11. The number of rotatable bonds is 4. The molecule has 0 aromatic heterocycles. The van der Waals surface area contributed by atoms with E-state index in [1.807, 2.05) is 0 Å². The van der Waals surface area contributed by atoms with E-state index in [2.05, 4.69) is 5.32 Å². The number of carbonyl (C=O) groups is 2. The summed E-state index contributed by atoms with van der Waals surface area (Å²) in [6, 6.07) is 3.61. The highest BCUT2D eigenvalue weighted by molar-refractivity contribution is 5.95. The van der Waals surface area contributed by atoms with E-state index in [9.17, 15) is 14.0 Å². The molecule has 5 nitrogen and oxygen atoms in total. The Hall–Kier alpha value is -2.11. The maximum Gasteiger partial charge on any atom is 0.251 e. The number of nitrogen functional groups attached to an aromatic ring is 1. The summed E-state index contributed by atoms with van der Waals surface area (Å²) < 4.78 is 13.0. The lowest BCUT2D eigenvalue weighted by Crippen LogP contribution is -2.30. The van der Waals surface area contributed by atoms with Crippen LogP contribution in [0.1, 0.15) is 16.8 Å². The number of amides is 2. The zero-order valence-corrected chi connectivity index (χ0v) is 10.4. The molecule has 98 valence electrons. The third-order valence-corrected chi connectivity index (χ3v) is 2.31. The van der Waals surface area contributed by atoms with E-state index in [1.54, 1.807) is 14.1 Å². The molecule has 18 heavy (non-hydrogen) atoms. The van der Waals surface area contributed by atoms with E-state index in [1.165, 1.54) is 11.0 Å². The first-order valence-electron chi connectivity index (χ1n) is 5.44. The molecule has 1 rings (SSSR count). The van der Waals surface area contributed by atoms with Crippen molar-refractivity contribution in [1.29, 1.82) is 0 Å². The molecule has 0 radical (unpaired) electrons. The molecule has 0 bridgehead atoms. The SMILES string of the molecule is CN(C)C(=O)CCNC(=O)c1cc(N)cc(F)c1. The molecule has 0 spiro atoms. The van der Waals surface area contributed by atoms with Crippen molar-refractivity contribution < 1.29 is 14.0 Å². The highest BCUT2D eigenvalue weighted by Crippen LogP contribution is 2.10. The molecule has 0 saturated heterocycles. The summed E-state index contributed by atoms with van der Waals surface area (Å²) >= 11 is 0. The van der Waals surface area contributed by atoms with Crippen LogP contribution in [0.3, 0.4) is 0 Å². The van der Waals surface area contributed by atoms with Gasteiger partial charge in [-0.2, -0.15) is 0 Å². The van der Waals surface area contributed by atoms with Crippen molar-refractivity contribution in [2.75, 3.05) is 26.4 Å². The molecule has 3 N–H and O–H groups in total. The van der Waals surface area contributed by atoms with E-state index in [4.69, 9.17) is 5.73 Å². The van der Waals surface area contributed by atoms with Gasteiger partial charge in [0.1, 0.15) is 5.82 Å². The summed E-state index contributed by atoms with van der Waals surface area (Å²) in [6.07, 6.45) is 0.198. The third-order valence-electron chi connectivity index (χ3n) is 2.31. The number of nitrogens with zero attached hydrogens (tertiary/aromatic N) is 1. The van der Waals surface area contributed by atoms with Gasteiger partial charge in [0, 0.05) is 38.3 Å². The molecule has 1 aromatic carbocycles. The van der Waals surface area contributed by atoms with Gasteiger partial charge in [0.15, 0.2) is 0 Å².